The molecule has 13 heteroatoms. The van der Waals surface area contributed by atoms with Gasteiger partial charge in [-0.15, -0.1) is 0 Å². The summed E-state index contributed by atoms with van der Waals surface area (Å²) >= 11 is 0. The van der Waals surface area contributed by atoms with Gasteiger partial charge >= 0.3 is 23.9 Å². The van der Waals surface area contributed by atoms with Gasteiger partial charge in [-0.1, -0.05) is 103 Å². The van der Waals surface area contributed by atoms with Gasteiger partial charge in [-0.3, -0.25) is 24.0 Å². The zero-order valence-electron chi connectivity index (χ0n) is 31.5. The maximum atomic E-state index is 12.3. The standard InChI is InChI=1S/C37H65NO12/c1-7-8-9-10-11-12-13-14-15-16-17-18-19-20-21-22-23-46-37(26-39)24-32(47-29(4)42)34(38-27(2)40)36(50-37)35(49-31(6)44)33(48-30(5)43)25-45-28(3)41/h32-36,39H,7-26H2,1-6H3,(H,38,40)/t32-,33+,34+,35+,36+,37?/m0/s1. The average Bonchev–Trinajstić information content (AvgIpc) is 3.03. The maximum Gasteiger partial charge on any atom is 0.303 e. The lowest BCUT2D eigenvalue weighted by molar-refractivity contribution is -0.331. The molecule has 1 rings (SSSR count). The van der Waals surface area contributed by atoms with Crippen molar-refractivity contribution < 1.29 is 57.5 Å². The Morgan fingerprint density at radius 3 is 1.64 bits per heavy atom. The van der Waals surface area contributed by atoms with Crippen molar-refractivity contribution >= 4 is 29.8 Å². The van der Waals surface area contributed by atoms with E-state index in [-0.39, 0.29) is 13.0 Å². The van der Waals surface area contributed by atoms with E-state index in [1.54, 1.807) is 0 Å². The molecule has 13 nitrogen and oxygen atoms in total. The first kappa shape index (κ1) is 45.3. The van der Waals surface area contributed by atoms with E-state index in [4.69, 9.17) is 28.4 Å². The third-order valence-electron chi connectivity index (χ3n) is 8.67. The molecule has 1 heterocycles. The molecule has 50 heavy (non-hydrogen) atoms. The van der Waals surface area contributed by atoms with Crippen molar-refractivity contribution in [3.05, 3.63) is 0 Å². The molecule has 0 bridgehead atoms. The third-order valence-corrected chi connectivity index (χ3v) is 8.67. The van der Waals surface area contributed by atoms with Crippen LogP contribution in [-0.2, 0) is 52.4 Å². The van der Waals surface area contributed by atoms with Crippen LogP contribution < -0.4 is 5.32 Å². The smallest absolute Gasteiger partial charge is 0.303 e. The lowest BCUT2D eigenvalue weighted by Crippen LogP contribution is -2.68. The number of carbonyl (C=O) groups is 5. The fraction of sp³-hybridized carbons (Fsp3) is 0.865. The SMILES string of the molecule is CCCCCCCCCCCCCCCCCCOC1(CO)C[C@H](OC(C)=O)[C@@H](NC(C)=O)[C@H]([C@H](OC(C)=O)[C@@H](COC(C)=O)OC(C)=O)O1. The van der Waals surface area contributed by atoms with Crippen molar-refractivity contribution in [2.24, 2.45) is 0 Å². The Balaban J connectivity index is 2.87. The largest absolute Gasteiger partial charge is 0.462 e. The molecule has 1 aliphatic rings. The van der Waals surface area contributed by atoms with Crippen molar-refractivity contribution in [3.8, 4) is 0 Å². The Hall–Kier alpha value is -2.77. The molecule has 0 aromatic heterocycles. The number of hydrogen-bond donors (Lipinski definition) is 2. The fourth-order valence-corrected chi connectivity index (χ4v) is 6.33. The lowest BCUT2D eigenvalue weighted by Gasteiger charge is -2.49. The number of unbranched alkanes of at least 4 members (excludes halogenated alkanes) is 15. The van der Waals surface area contributed by atoms with Crippen LogP contribution in [0.3, 0.4) is 0 Å². The number of ether oxygens (including phenoxy) is 6. The van der Waals surface area contributed by atoms with E-state index in [0.29, 0.717) is 6.42 Å². The number of esters is 4. The van der Waals surface area contributed by atoms with Gasteiger partial charge in [0.2, 0.25) is 5.91 Å². The number of aliphatic hydroxyl groups excluding tert-OH is 1. The van der Waals surface area contributed by atoms with Gasteiger partial charge in [-0.2, -0.15) is 0 Å². The molecule has 0 aromatic rings. The minimum Gasteiger partial charge on any atom is -0.462 e. The summed E-state index contributed by atoms with van der Waals surface area (Å²) in [7, 11) is 0. The Labute approximate surface area is 299 Å². The van der Waals surface area contributed by atoms with Crippen LogP contribution in [0.15, 0.2) is 0 Å². The van der Waals surface area contributed by atoms with E-state index in [9.17, 15) is 29.1 Å². The Morgan fingerprint density at radius 2 is 1.22 bits per heavy atom. The molecule has 1 amide bonds. The molecular weight excluding hydrogens is 650 g/mol. The molecule has 2 N–H and O–H groups in total. The average molecular weight is 716 g/mol. The molecule has 1 fully saturated rings. The van der Waals surface area contributed by atoms with E-state index in [2.05, 4.69) is 12.2 Å². The predicted molar refractivity (Wildman–Crippen MR) is 186 cm³/mol. The zero-order chi connectivity index (χ0) is 37.4. The Kier molecular flexibility index (Phi) is 23.6. The monoisotopic (exact) mass is 715 g/mol. The van der Waals surface area contributed by atoms with Crippen molar-refractivity contribution in [1.29, 1.82) is 0 Å². The summed E-state index contributed by atoms with van der Waals surface area (Å²) in [6.45, 7) is 7.12. The quantitative estimate of drug-likeness (QED) is 0.0613. The van der Waals surface area contributed by atoms with Gasteiger partial charge in [0.15, 0.2) is 18.0 Å². The highest BCUT2D eigenvalue weighted by molar-refractivity contribution is 5.73. The number of amides is 1. The van der Waals surface area contributed by atoms with Crippen LogP contribution in [-0.4, -0.2) is 91.0 Å². The molecule has 1 aliphatic heterocycles. The van der Waals surface area contributed by atoms with Crippen LogP contribution in [0.25, 0.3) is 0 Å². The second kappa shape index (κ2) is 26.1. The molecule has 1 saturated heterocycles. The maximum absolute atomic E-state index is 12.3. The summed E-state index contributed by atoms with van der Waals surface area (Å²) in [5.41, 5.74) is 0. The summed E-state index contributed by atoms with van der Waals surface area (Å²) in [4.78, 5) is 60.5. The molecule has 0 aliphatic carbocycles. The summed E-state index contributed by atoms with van der Waals surface area (Å²) in [5.74, 6) is -5.16. The second-order valence-corrected chi connectivity index (χ2v) is 13.4. The van der Waals surface area contributed by atoms with Crippen molar-refractivity contribution in [3.63, 3.8) is 0 Å². The third kappa shape index (κ3) is 19.6. The van der Waals surface area contributed by atoms with Gasteiger partial charge < -0.3 is 38.8 Å². The van der Waals surface area contributed by atoms with Crippen LogP contribution in [0.1, 0.15) is 151 Å². The molecule has 1 unspecified atom stereocenters. The Morgan fingerprint density at radius 1 is 0.720 bits per heavy atom. The highest BCUT2D eigenvalue weighted by Crippen LogP contribution is 2.36. The number of nitrogens with one attached hydrogen (secondary N) is 1. The predicted octanol–water partition coefficient (Wildman–Crippen LogP) is 5.60. The first-order valence-electron chi connectivity index (χ1n) is 18.7. The molecular formula is C37H65NO12. The fourth-order valence-electron chi connectivity index (χ4n) is 6.33. The normalized spacial score (nSPS) is 21.5. The van der Waals surface area contributed by atoms with E-state index < -0.39 is 79.2 Å². The number of rotatable bonds is 27. The lowest BCUT2D eigenvalue weighted by atomic mass is 9.88. The van der Waals surface area contributed by atoms with Crippen LogP contribution in [0.4, 0.5) is 0 Å². The molecule has 0 aromatic carbocycles. The van der Waals surface area contributed by atoms with Gasteiger partial charge in [0.1, 0.15) is 18.8 Å². The molecule has 6 atom stereocenters. The van der Waals surface area contributed by atoms with E-state index >= 15 is 0 Å². The van der Waals surface area contributed by atoms with Crippen molar-refractivity contribution in [2.75, 3.05) is 19.8 Å². The second-order valence-electron chi connectivity index (χ2n) is 13.4. The summed E-state index contributed by atoms with van der Waals surface area (Å²) in [5, 5.41) is 13.3. The summed E-state index contributed by atoms with van der Waals surface area (Å²) in [6.07, 6.45) is 14.0. The first-order chi connectivity index (χ1) is 23.8. The molecule has 0 radical (unpaired) electrons. The number of aliphatic hydroxyl groups is 1. The minimum absolute atomic E-state index is 0.154. The van der Waals surface area contributed by atoms with Crippen molar-refractivity contribution in [1.82, 2.24) is 5.32 Å². The Bertz CT molecular complexity index is 1010. The van der Waals surface area contributed by atoms with Crippen LogP contribution in [0.2, 0.25) is 0 Å². The number of hydrogen-bond acceptors (Lipinski definition) is 12. The van der Waals surface area contributed by atoms with Crippen molar-refractivity contribution in [2.45, 2.75) is 187 Å². The zero-order valence-corrected chi connectivity index (χ0v) is 31.5. The highest BCUT2D eigenvalue weighted by atomic mass is 16.7. The summed E-state index contributed by atoms with van der Waals surface area (Å²) in [6, 6.07) is -1.13. The van der Waals surface area contributed by atoms with Gasteiger partial charge in [-0.05, 0) is 6.42 Å². The van der Waals surface area contributed by atoms with Gasteiger partial charge in [0.25, 0.3) is 0 Å². The molecule has 0 saturated carbocycles. The van der Waals surface area contributed by atoms with E-state index in [1.807, 2.05) is 0 Å². The first-order valence-corrected chi connectivity index (χ1v) is 18.7. The van der Waals surface area contributed by atoms with Gasteiger partial charge in [0, 0.05) is 41.0 Å². The van der Waals surface area contributed by atoms with E-state index in [0.717, 1.165) is 40.0 Å². The van der Waals surface area contributed by atoms with Crippen LogP contribution in [0, 0.1) is 0 Å². The minimum atomic E-state index is -1.73. The van der Waals surface area contributed by atoms with E-state index in [1.165, 1.54) is 90.9 Å². The number of carbonyl (C=O) groups excluding carboxylic acids is 5. The van der Waals surface area contributed by atoms with Gasteiger partial charge in [-0.25, -0.2) is 0 Å². The molecule has 0 spiro atoms. The van der Waals surface area contributed by atoms with Crippen LogP contribution >= 0.6 is 0 Å². The summed E-state index contributed by atoms with van der Waals surface area (Å²) < 4.78 is 34.1. The highest BCUT2D eigenvalue weighted by Gasteiger charge is 2.55. The molecule has 290 valence electrons. The van der Waals surface area contributed by atoms with Crippen LogP contribution in [0.5, 0.6) is 0 Å². The topological polar surface area (TPSA) is 173 Å². The van der Waals surface area contributed by atoms with Gasteiger partial charge in [0.05, 0.1) is 19.3 Å².